The van der Waals surface area contributed by atoms with Crippen molar-refractivity contribution in [1.29, 1.82) is 0 Å². The zero-order chi connectivity index (χ0) is 24.4. The van der Waals surface area contributed by atoms with Crippen LogP contribution in [-0.2, 0) is 6.54 Å². The third-order valence-electron chi connectivity index (χ3n) is 8.22. The van der Waals surface area contributed by atoms with Gasteiger partial charge in [-0.25, -0.2) is 4.68 Å². The number of fused-ring (bicyclic) bond motifs is 1. The van der Waals surface area contributed by atoms with Crippen LogP contribution in [0.3, 0.4) is 0 Å². The molecule has 0 saturated heterocycles. The number of rotatable bonds is 8. The molecule has 2 saturated carbocycles. The predicted octanol–water partition coefficient (Wildman–Crippen LogP) is 5.92. The van der Waals surface area contributed by atoms with Gasteiger partial charge in [-0.2, -0.15) is 0 Å². The van der Waals surface area contributed by atoms with E-state index < -0.39 is 0 Å². The van der Waals surface area contributed by atoms with E-state index in [9.17, 15) is 4.79 Å². The fourth-order valence-corrected chi connectivity index (χ4v) is 6.50. The first-order valence-corrected chi connectivity index (χ1v) is 13.7. The van der Waals surface area contributed by atoms with Gasteiger partial charge >= 0.3 is 0 Å². The van der Waals surface area contributed by atoms with E-state index in [0.717, 1.165) is 53.5 Å². The molecule has 7 nitrogen and oxygen atoms in total. The Morgan fingerprint density at radius 3 is 2.54 bits per heavy atom. The van der Waals surface area contributed by atoms with Crippen molar-refractivity contribution in [2.45, 2.75) is 116 Å². The van der Waals surface area contributed by atoms with Crippen LogP contribution in [0.25, 0.3) is 10.9 Å². The minimum Gasteiger partial charge on any atom is -0.321 e. The first kappa shape index (κ1) is 24.2. The van der Waals surface area contributed by atoms with Crippen LogP contribution in [0.2, 0.25) is 0 Å². The molecule has 0 spiro atoms. The Morgan fingerprint density at radius 2 is 1.80 bits per heavy atom. The smallest absolute Gasteiger partial charge is 0.252 e. The summed E-state index contributed by atoms with van der Waals surface area (Å²) >= 11 is 0. The molecule has 2 aliphatic rings. The zero-order valence-corrected chi connectivity index (χ0v) is 21.6. The number of tetrazole rings is 1. The Labute approximate surface area is 208 Å². The van der Waals surface area contributed by atoms with E-state index in [4.69, 9.17) is 0 Å². The van der Waals surface area contributed by atoms with Crippen LogP contribution >= 0.6 is 0 Å². The molecule has 1 atom stereocenters. The molecule has 0 amide bonds. The van der Waals surface area contributed by atoms with E-state index in [2.05, 4.69) is 69.1 Å². The molecule has 35 heavy (non-hydrogen) atoms. The highest BCUT2D eigenvalue weighted by atomic mass is 16.1. The molecule has 1 aromatic carbocycles. The van der Waals surface area contributed by atoms with Crippen molar-refractivity contribution in [3.63, 3.8) is 0 Å². The summed E-state index contributed by atoms with van der Waals surface area (Å²) in [7, 11) is 0. The van der Waals surface area contributed by atoms with Crippen molar-refractivity contribution >= 4 is 10.9 Å². The van der Waals surface area contributed by atoms with Crippen molar-refractivity contribution in [3.05, 3.63) is 51.1 Å². The second-order valence-corrected chi connectivity index (χ2v) is 10.9. The highest BCUT2D eigenvalue weighted by Gasteiger charge is 2.34. The molecular weight excluding hydrogens is 436 g/mol. The highest BCUT2D eigenvalue weighted by molar-refractivity contribution is 5.82. The minimum atomic E-state index is 0.0240. The number of H-pyrrole nitrogens is 1. The monoisotopic (exact) mass is 476 g/mol. The molecular formula is C28H40N6O. The minimum absolute atomic E-state index is 0.0240. The van der Waals surface area contributed by atoms with Gasteiger partial charge in [-0.3, -0.25) is 9.69 Å². The summed E-state index contributed by atoms with van der Waals surface area (Å²) in [6.07, 6.45) is 13.0. The van der Waals surface area contributed by atoms with Crippen LogP contribution in [0.4, 0.5) is 0 Å². The van der Waals surface area contributed by atoms with Crippen molar-refractivity contribution in [2.75, 3.05) is 0 Å². The summed E-state index contributed by atoms with van der Waals surface area (Å²) < 4.78 is 2.13. The number of hydrogen-bond donors (Lipinski definition) is 1. The number of aromatic amines is 1. The van der Waals surface area contributed by atoms with Crippen LogP contribution in [0.1, 0.15) is 112 Å². The van der Waals surface area contributed by atoms with Gasteiger partial charge in [0.25, 0.3) is 5.56 Å². The molecule has 2 aliphatic carbocycles. The average molecular weight is 477 g/mol. The van der Waals surface area contributed by atoms with Crippen LogP contribution in [0.15, 0.2) is 23.0 Å². The van der Waals surface area contributed by atoms with Gasteiger partial charge < -0.3 is 4.98 Å². The van der Waals surface area contributed by atoms with Gasteiger partial charge in [0, 0.05) is 18.2 Å². The normalized spacial score (nSPS) is 18.6. The SMILES string of the molecule is CCC[C@H](c1nnnn1C1CCCC1)N(Cc1cc2cc(C)cc(C)c2[nH]c1=O)C1CCCCC1. The summed E-state index contributed by atoms with van der Waals surface area (Å²) in [5.74, 6) is 0.994. The number of aromatic nitrogens is 5. The van der Waals surface area contributed by atoms with Crippen LogP contribution in [-0.4, -0.2) is 36.1 Å². The number of benzene rings is 1. The molecule has 0 radical (unpaired) electrons. The third kappa shape index (κ3) is 5.06. The fourth-order valence-electron chi connectivity index (χ4n) is 6.50. The van der Waals surface area contributed by atoms with E-state index in [0.29, 0.717) is 18.6 Å². The summed E-state index contributed by atoms with van der Waals surface area (Å²) in [4.78, 5) is 19.1. The largest absolute Gasteiger partial charge is 0.321 e. The van der Waals surface area contributed by atoms with Crippen LogP contribution in [0, 0.1) is 13.8 Å². The van der Waals surface area contributed by atoms with Gasteiger partial charge in [-0.1, -0.05) is 57.1 Å². The van der Waals surface area contributed by atoms with E-state index in [1.54, 1.807) is 0 Å². The topological polar surface area (TPSA) is 79.7 Å². The van der Waals surface area contributed by atoms with E-state index in [1.807, 2.05) is 0 Å². The molecule has 0 aliphatic heterocycles. The number of nitrogens with zero attached hydrogens (tertiary/aromatic N) is 5. The first-order valence-electron chi connectivity index (χ1n) is 13.7. The summed E-state index contributed by atoms with van der Waals surface area (Å²) in [5, 5.41) is 14.3. The van der Waals surface area contributed by atoms with Gasteiger partial charge in [-0.05, 0) is 79.5 Å². The lowest BCUT2D eigenvalue weighted by Gasteiger charge is -2.39. The van der Waals surface area contributed by atoms with Gasteiger partial charge in [0.2, 0.25) is 0 Å². The van der Waals surface area contributed by atoms with Crippen LogP contribution in [0.5, 0.6) is 0 Å². The summed E-state index contributed by atoms with van der Waals surface area (Å²) in [5.41, 5.74) is 4.15. The maximum Gasteiger partial charge on any atom is 0.252 e. The highest BCUT2D eigenvalue weighted by Crippen LogP contribution is 2.37. The third-order valence-corrected chi connectivity index (χ3v) is 8.22. The molecule has 2 aromatic heterocycles. The van der Waals surface area contributed by atoms with Gasteiger partial charge in [-0.15, -0.1) is 5.10 Å². The van der Waals surface area contributed by atoms with Crippen molar-refractivity contribution in [1.82, 2.24) is 30.1 Å². The van der Waals surface area contributed by atoms with E-state index in [-0.39, 0.29) is 11.6 Å². The Balaban J connectivity index is 1.55. The van der Waals surface area contributed by atoms with E-state index >= 15 is 0 Å². The average Bonchev–Trinajstić information content (AvgIpc) is 3.55. The number of nitrogens with one attached hydrogen (secondary N) is 1. The van der Waals surface area contributed by atoms with Crippen molar-refractivity contribution < 1.29 is 0 Å². The van der Waals surface area contributed by atoms with Gasteiger partial charge in [0.15, 0.2) is 5.82 Å². The van der Waals surface area contributed by atoms with Crippen LogP contribution < -0.4 is 5.56 Å². The molecule has 2 heterocycles. The number of pyridine rings is 1. The summed E-state index contributed by atoms with van der Waals surface area (Å²) in [6, 6.07) is 7.40. The van der Waals surface area contributed by atoms with Crippen molar-refractivity contribution in [3.8, 4) is 0 Å². The number of hydrogen-bond acceptors (Lipinski definition) is 5. The predicted molar refractivity (Wildman–Crippen MR) is 139 cm³/mol. The lowest BCUT2D eigenvalue weighted by atomic mass is 9.91. The lowest BCUT2D eigenvalue weighted by Crippen LogP contribution is -2.41. The molecule has 1 N–H and O–H groups in total. The molecule has 5 rings (SSSR count). The molecule has 0 unspecified atom stereocenters. The van der Waals surface area contributed by atoms with Crippen molar-refractivity contribution in [2.24, 2.45) is 0 Å². The fraction of sp³-hybridized carbons (Fsp3) is 0.643. The maximum absolute atomic E-state index is 13.3. The second kappa shape index (κ2) is 10.6. The Bertz CT molecular complexity index is 1200. The quantitative estimate of drug-likeness (QED) is 0.436. The Hall–Kier alpha value is -2.54. The van der Waals surface area contributed by atoms with Gasteiger partial charge in [0.1, 0.15) is 0 Å². The maximum atomic E-state index is 13.3. The zero-order valence-electron chi connectivity index (χ0n) is 21.6. The standard InChI is InChI=1S/C28H40N6O/c1-4-10-25(27-30-31-32-34(27)24-13-8-9-14-24)33(23-11-6-5-7-12-23)18-22-17-21-16-19(2)15-20(3)26(21)29-28(22)35/h15-17,23-25H,4-14,18H2,1-3H3,(H,29,35)/t25-/m1/s1. The number of aryl methyl sites for hydroxylation is 2. The molecule has 188 valence electrons. The Kier molecular flexibility index (Phi) is 7.32. The molecule has 0 bridgehead atoms. The lowest BCUT2D eigenvalue weighted by molar-refractivity contribution is 0.0798. The molecule has 3 aromatic rings. The van der Waals surface area contributed by atoms with E-state index in [1.165, 1.54) is 50.5 Å². The second-order valence-electron chi connectivity index (χ2n) is 10.9. The first-order chi connectivity index (χ1) is 17.0. The van der Waals surface area contributed by atoms with Gasteiger partial charge in [0.05, 0.1) is 17.6 Å². The summed E-state index contributed by atoms with van der Waals surface area (Å²) in [6.45, 7) is 7.06. The molecule has 7 heteroatoms. The Morgan fingerprint density at radius 1 is 1.06 bits per heavy atom. The molecule has 2 fully saturated rings.